The topological polar surface area (TPSA) is 31.4 Å². The molecule has 0 bridgehead atoms. The highest BCUT2D eigenvalue weighted by Crippen LogP contribution is 2.36. The Hall–Kier alpha value is -1.08. The molecule has 0 saturated carbocycles. The largest absolute Gasteiger partial charge is 0.497 e. The van der Waals surface area contributed by atoms with E-state index in [2.05, 4.69) is 4.98 Å². The fourth-order valence-corrected chi connectivity index (χ4v) is 1.62. The van der Waals surface area contributed by atoms with E-state index in [-0.39, 0.29) is 0 Å². The average molecular weight is 275 g/mol. The molecule has 0 unspecified atom stereocenters. The maximum Gasteiger partial charge on any atom is 0.497 e. The second-order valence-electron chi connectivity index (χ2n) is 5.35. The Morgan fingerprint density at radius 2 is 1.79 bits per heavy atom. The summed E-state index contributed by atoms with van der Waals surface area (Å²) in [5.41, 5.74) is -3.09. The Labute approximate surface area is 113 Å². The summed E-state index contributed by atoms with van der Waals surface area (Å²) in [5.74, 6) is -1.18. The van der Waals surface area contributed by atoms with Gasteiger partial charge in [-0.1, -0.05) is 0 Å². The summed E-state index contributed by atoms with van der Waals surface area (Å²) in [6, 6.07) is -0.794. The van der Waals surface area contributed by atoms with Crippen LogP contribution in [0.15, 0.2) is 12.2 Å². The van der Waals surface area contributed by atoms with Gasteiger partial charge in [0.1, 0.15) is 11.5 Å². The summed E-state index contributed by atoms with van der Waals surface area (Å²) >= 11 is 0. The van der Waals surface area contributed by atoms with Crippen molar-refractivity contribution in [1.82, 2.24) is 4.98 Å². The minimum absolute atomic E-state index is 0.510. The molecule has 0 spiro atoms. The molecule has 0 aromatic carbocycles. The summed E-state index contributed by atoms with van der Waals surface area (Å²) in [6.45, 7) is 6.85. The molecular weight excluding hydrogens is 258 g/mol. The Morgan fingerprint density at radius 3 is 2.26 bits per heavy atom. The van der Waals surface area contributed by atoms with Crippen LogP contribution < -0.4 is 5.46 Å². The van der Waals surface area contributed by atoms with Gasteiger partial charge in [0.2, 0.25) is 0 Å². The van der Waals surface area contributed by atoms with Gasteiger partial charge in [0.25, 0.3) is 6.43 Å². The highest BCUT2D eigenvalue weighted by Gasteiger charge is 2.52. The molecule has 7 heteroatoms. The van der Waals surface area contributed by atoms with E-state index in [0.29, 0.717) is 0 Å². The Morgan fingerprint density at radius 1 is 1.26 bits per heavy atom. The van der Waals surface area contributed by atoms with Crippen molar-refractivity contribution in [2.24, 2.45) is 0 Å². The normalized spacial score (nSPS) is 22.6. The zero-order valence-electron chi connectivity index (χ0n) is 13.1. The second-order valence-corrected chi connectivity index (χ2v) is 5.35. The molecule has 1 aliphatic heterocycles. The van der Waals surface area contributed by atoms with Gasteiger partial charge in [-0.3, -0.25) is 4.98 Å². The van der Waals surface area contributed by atoms with E-state index < -0.39 is 53.9 Å². The third-order valence-electron chi connectivity index (χ3n) is 3.47. The van der Waals surface area contributed by atoms with Gasteiger partial charge >= 0.3 is 7.12 Å². The number of halogens is 3. The van der Waals surface area contributed by atoms with Crippen LogP contribution in [0, 0.1) is 5.82 Å². The van der Waals surface area contributed by atoms with Gasteiger partial charge in [0, 0.05) is 5.46 Å². The van der Waals surface area contributed by atoms with Crippen LogP contribution in [0.25, 0.3) is 0 Å². The molecule has 1 aromatic heterocycles. The van der Waals surface area contributed by atoms with Gasteiger partial charge in [-0.05, 0) is 33.7 Å². The summed E-state index contributed by atoms with van der Waals surface area (Å²) in [4.78, 5) is 3.12. The van der Waals surface area contributed by atoms with Gasteiger partial charge in [0.05, 0.1) is 20.1 Å². The van der Waals surface area contributed by atoms with E-state index in [1.807, 2.05) is 0 Å². The van der Waals surface area contributed by atoms with Crippen molar-refractivity contribution in [2.75, 3.05) is 0 Å². The molecule has 3 nitrogen and oxygen atoms in total. The number of nitrogens with zero attached hydrogens (tertiary/aromatic N) is 1. The smallest absolute Gasteiger partial charge is 0.399 e. The summed E-state index contributed by atoms with van der Waals surface area (Å²) in [5, 5.41) is 0. The van der Waals surface area contributed by atoms with E-state index in [1.54, 1.807) is 27.7 Å². The van der Waals surface area contributed by atoms with Crippen molar-refractivity contribution in [3.63, 3.8) is 0 Å². The van der Waals surface area contributed by atoms with E-state index >= 15 is 0 Å². The maximum absolute atomic E-state index is 14.1. The highest BCUT2D eigenvalue weighted by atomic mass is 19.3. The minimum atomic E-state index is -3.08. The van der Waals surface area contributed by atoms with Crippen LogP contribution in [0.3, 0.4) is 0 Å². The van der Waals surface area contributed by atoms with Gasteiger partial charge in [0.15, 0.2) is 0 Å². The minimum Gasteiger partial charge on any atom is -0.399 e. The van der Waals surface area contributed by atoms with E-state index in [0.717, 1.165) is 0 Å². The molecule has 104 valence electrons. The lowest BCUT2D eigenvalue weighted by Gasteiger charge is -2.32. The third kappa shape index (κ3) is 2.49. The van der Waals surface area contributed by atoms with Crippen LogP contribution in [0.2, 0.25) is 0 Å². The number of aromatic nitrogens is 1. The van der Waals surface area contributed by atoms with Crippen LogP contribution in [-0.2, 0) is 9.31 Å². The first-order chi connectivity index (χ1) is 9.48. The summed E-state index contributed by atoms with van der Waals surface area (Å²) < 4.78 is 65.9. The van der Waals surface area contributed by atoms with Crippen molar-refractivity contribution < 1.29 is 25.2 Å². The molecule has 0 amide bonds. The first kappa shape index (κ1) is 11.7. The highest BCUT2D eigenvalue weighted by molar-refractivity contribution is 6.62. The quantitative estimate of drug-likeness (QED) is 0.777. The molecule has 1 saturated heterocycles. The fourth-order valence-electron chi connectivity index (χ4n) is 1.62. The zero-order chi connectivity index (χ0) is 16.2. The molecule has 2 rings (SSSR count). The van der Waals surface area contributed by atoms with Crippen LogP contribution in [0.1, 0.15) is 42.6 Å². The maximum atomic E-state index is 14.1. The first-order valence-electron chi connectivity index (χ1n) is 6.78. The predicted molar refractivity (Wildman–Crippen MR) is 64.9 cm³/mol. The Balaban J connectivity index is 2.56. The molecule has 2 heterocycles. The zero-order valence-corrected chi connectivity index (χ0v) is 11.1. The number of alkyl halides is 2. The van der Waals surface area contributed by atoms with Gasteiger partial charge in [-0.25, -0.2) is 13.2 Å². The van der Waals surface area contributed by atoms with Crippen LogP contribution in [0.5, 0.6) is 0 Å². The lowest BCUT2D eigenvalue weighted by atomic mass is 9.79. The predicted octanol–water partition coefficient (Wildman–Crippen LogP) is 2.46. The molecular formula is C12H15BF3NO2. The van der Waals surface area contributed by atoms with Crippen molar-refractivity contribution in [3.05, 3.63) is 23.7 Å². The van der Waals surface area contributed by atoms with Crippen LogP contribution in [0.4, 0.5) is 13.2 Å². The summed E-state index contributed by atoms with van der Waals surface area (Å²) in [6.07, 6.45) is -4.03. The standard InChI is InChI=1S/C12H15BF3NO2/c1-11(2)12(3,4)19-13(18-11)7-5-9(10(15)16)17-6-8(7)14/h5-6,10H,1-4H3/i5D,6D. The molecule has 0 N–H and O–H groups in total. The van der Waals surface area contributed by atoms with E-state index in [1.165, 1.54) is 0 Å². The Kier molecular flexibility index (Phi) is 2.77. The number of hydrogen-bond acceptors (Lipinski definition) is 3. The SMILES string of the molecule is [2H]c1nc(C(F)F)c([2H])c(B2OC(C)(C)C(C)(C)O2)c1F. The number of rotatable bonds is 2. The molecule has 19 heavy (non-hydrogen) atoms. The average Bonchev–Trinajstić information content (AvgIpc) is 2.52. The fraction of sp³-hybridized carbons (Fsp3) is 0.583. The van der Waals surface area contributed by atoms with Crippen LogP contribution >= 0.6 is 0 Å². The molecule has 1 aromatic rings. The molecule has 0 aliphatic carbocycles. The van der Waals surface area contributed by atoms with Gasteiger partial charge in [-0.2, -0.15) is 0 Å². The van der Waals surface area contributed by atoms with Gasteiger partial charge in [-0.15, -0.1) is 0 Å². The monoisotopic (exact) mass is 275 g/mol. The van der Waals surface area contributed by atoms with Crippen molar-refractivity contribution >= 4 is 12.6 Å². The molecule has 1 fully saturated rings. The first-order valence-corrected chi connectivity index (χ1v) is 5.78. The van der Waals surface area contributed by atoms with Gasteiger partial charge < -0.3 is 9.31 Å². The van der Waals surface area contributed by atoms with E-state index in [4.69, 9.17) is 12.1 Å². The third-order valence-corrected chi connectivity index (χ3v) is 3.47. The molecule has 1 aliphatic rings. The lowest BCUT2D eigenvalue weighted by molar-refractivity contribution is 0.00578. The van der Waals surface area contributed by atoms with Crippen LogP contribution in [-0.4, -0.2) is 23.3 Å². The Bertz CT molecular complexity index is 568. The lowest BCUT2D eigenvalue weighted by Crippen LogP contribution is -2.41. The molecule has 0 radical (unpaired) electrons. The van der Waals surface area contributed by atoms with Crippen molar-refractivity contribution in [2.45, 2.75) is 45.3 Å². The molecule has 0 atom stereocenters. The number of pyridine rings is 1. The second kappa shape index (κ2) is 4.49. The van der Waals surface area contributed by atoms with Crippen molar-refractivity contribution in [3.8, 4) is 0 Å². The summed E-state index contributed by atoms with van der Waals surface area (Å²) in [7, 11) is -1.33. The number of hydrogen-bond donors (Lipinski definition) is 0. The van der Waals surface area contributed by atoms with Crippen molar-refractivity contribution in [1.29, 1.82) is 0 Å². The van der Waals surface area contributed by atoms with E-state index in [9.17, 15) is 13.2 Å².